The van der Waals surface area contributed by atoms with Gasteiger partial charge in [0.05, 0.1) is 18.5 Å². The lowest BCUT2D eigenvalue weighted by atomic mass is 9.56. The second-order valence-corrected chi connectivity index (χ2v) is 7.65. The second-order valence-electron chi connectivity index (χ2n) is 7.65. The summed E-state index contributed by atoms with van der Waals surface area (Å²) in [5, 5.41) is 14.0. The van der Waals surface area contributed by atoms with Crippen molar-refractivity contribution in [1.29, 1.82) is 0 Å². The molecule has 6 atom stereocenters. The van der Waals surface area contributed by atoms with Gasteiger partial charge in [0, 0.05) is 37.1 Å². The zero-order valence-electron chi connectivity index (χ0n) is 13.2. The van der Waals surface area contributed by atoms with Crippen molar-refractivity contribution in [3.63, 3.8) is 0 Å². The molecule has 116 valence electrons. The third kappa shape index (κ3) is 1.35. The quantitative estimate of drug-likeness (QED) is 0.676. The van der Waals surface area contributed by atoms with Gasteiger partial charge >= 0.3 is 0 Å². The number of allylic oxidation sites excluding steroid dienone is 1. The molecule has 3 heteroatoms. The highest BCUT2D eigenvalue weighted by molar-refractivity contribution is 5.64. The first-order valence-electron chi connectivity index (χ1n) is 8.76. The summed E-state index contributed by atoms with van der Waals surface area (Å²) >= 11 is 0. The van der Waals surface area contributed by atoms with Gasteiger partial charge in [-0.1, -0.05) is 24.3 Å². The lowest BCUT2D eigenvalue weighted by molar-refractivity contribution is -0.916. The van der Waals surface area contributed by atoms with Gasteiger partial charge in [-0.15, -0.1) is 0 Å². The number of hydrogen-bond acceptors (Lipinski definition) is 2. The molecule has 3 aliphatic heterocycles. The fourth-order valence-corrected chi connectivity index (χ4v) is 6.36. The number of hydrogen-bond donors (Lipinski definition) is 3. The average molecular weight is 297 g/mol. The van der Waals surface area contributed by atoms with Crippen molar-refractivity contribution < 1.29 is 10.0 Å². The molecular formula is C19H25N2O+. The van der Waals surface area contributed by atoms with Crippen LogP contribution in [0.5, 0.6) is 0 Å². The van der Waals surface area contributed by atoms with Crippen molar-refractivity contribution >= 4 is 5.69 Å². The van der Waals surface area contributed by atoms with Crippen LogP contribution in [0.15, 0.2) is 35.9 Å². The van der Waals surface area contributed by atoms with Crippen LogP contribution in [0.1, 0.15) is 25.3 Å². The molecule has 1 aromatic rings. The largest absolute Gasteiger partial charge is 0.396 e. The highest BCUT2D eigenvalue weighted by Gasteiger charge is 2.67. The summed E-state index contributed by atoms with van der Waals surface area (Å²) in [6.07, 6.45) is 4.85. The molecule has 3 heterocycles. The van der Waals surface area contributed by atoms with Gasteiger partial charge in [-0.05, 0) is 30.0 Å². The maximum Gasteiger partial charge on any atom is 0.100 e. The van der Waals surface area contributed by atoms with E-state index in [0.29, 0.717) is 24.5 Å². The van der Waals surface area contributed by atoms with E-state index in [9.17, 15) is 5.11 Å². The molecule has 3 nitrogen and oxygen atoms in total. The topological polar surface area (TPSA) is 36.7 Å². The Morgan fingerprint density at radius 2 is 2.27 bits per heavy atom. The van der Waals surface area contributed by atoms with Crippen molar-refractivity contribution in [1.82, 2.24) is 0 Å². The lowest BCUT2D eigenvalue weighted by Crippen LogP contribution is -3.16. The first-order valence-corrected chi connectivity index (χ1v) is 8.76. The Bertz CT molecular complexity index is 655. The van der Waals surface area contributed by atoms with Gasteiger partial charge in [-0.3, -0.25) is 0 Å². The summed E-state index contributed by atoms with van der Waals surface area (Å²) in [6, 6.07) is 10.0. The number of fused-ring (bicyclic) bond motifs is 2. The van der Waals surface area contributed by atoms with Crippen LogP contribution < -0.4 is 10.2 Å². The van der Waals surface area contributed by atoms with Crippen LogP contribution in [-0.4, -0.2) is 36.9 Å². The highest BCUT2D eigenvalue weighted by atomic mass is 16.3. The molecule has 1 unspecified atom stereocenters. The van der Waals surface area contributed by atoms with E-state index in [1.54, 1.807) is 10.5 Å². The van der Waals surface area contributed by atoms with E-state index in [1.807, 2.05) is 0 Å². The summed E-state index contributed by atoms with van der Waals surface area (Å²) in [5.74, 6) is 0.927. The van der Waals surface area contributed by atoms with E-state index in [0.717, 1.165) is 6.04 Å². The van der Waals surface area contributed by atoms with Crippen molar-refractivity contribution in [2.45, 2.75) is 37.3 Å². The summed E-state index contributed by atoms with van der Waals surface area (Å²) in [4.78, 5) is 1.78. The van der Waals surface area contributed by atoms with Crippen molar-refractivity contribution in [3.05, 3.63) is 41.5 Å². The average Bonchev–Trinajstić information content (AvgIpc) is 3.11. The number of anilines is 1. The Morgan fingerprint density at radius 3 is 3.09 bits per heavy atom. The fraction of sp³-hybridized carbons (Fsp3) is 0.579. The smallest absolute Gasteiger partial charge is 0.100 e. The number of quaternary nitrogens is 1. The third-order valence-corrected chi connectivity index (χ3v) is 7.19. The summed E-state index contributed by atoms with van der Waals surface area (Å²) < 4.78 is 0. The molecule has 2 bridgehead atoms. The SMILES string of the molecule is C/C=C1\C[NH+]2CC[C@]34c5ccccc5N[C@H]3[C@@H](CO)[C@H]1C[C@H]24. The normalized spacial score (nSPS) is 46.3. The highest BCUT2D eigenvalue weighted by Crippen LogP contribution is 2.56. The standard InChI is InChI=1S/C19H24N2O/c1-2-12-10-21-8-7-19-15-5-3-4-6-16(15)20-18(19)14(11-22)13(12)9-17(19)21/h2-6,13-14,17-18,20,22H,7-11H2,1H3/p+1/b12-2+/t13-,14-,17-,18-,19+/m0/s1. The van der Waals surface area contributed by atoms with Gasteiger partial charge < -0.3 is 15.3 Å². The number of rotatable bonds is 1. The first kappa shape index (κ1) is 13.1. The second kappa shape index (κ2) is 4.36. The maximum absolute atomic E-state index is 10.2. The molecule has 0 radical (unpaired) electrons. The molecule has 3 N–H and O–H groups in total. The number of piperidine rings is 1. The molecule has 4 aliphatic rings. The molecule has 0 aromatic heterocycles. The summed E-state index contributed by atoms with van der Waals surface area (Å²) in [6.45, 7) is 4.95. The minimum Gasteiger partial charge on any atom is -0.396 e. The number of para-hydroxylation sites is 1. The van der Waals surface area contributed by atoms with Crippen LogP contribution in [0.3, 0.4) is 0 Å². The number of nitrogens with one attached hydrogen (secondary N) is 2. The van der Waals surface area contributed by atoms with Crippen molar-refractivity contribution in [3.8, 4) is 0 Å². The van der Waals surface area contributed by atoms with E-state index in [2.05, 4.69) is 42.6 Å². The van der Waals surface area contributed by atoms with Crippen molar-refractivity contribution in [2.24, 2.45) is 11.8 Å². The van der Waals surface area contributed by atoms with Gasteiger partial charge in [0.1, 0.15) is 6.04 Å². The van der Waals surface area contributed by atoms with E-state index in [1.165, 1.54) is 37.2 Å². The molecule has 1 spiro atoms. The monoisotopic (exact) mass is 297 g/mol. The first-order chi connectivity index (χ1) is 10.8. The number of benzene rings is 1. The number of aliphatic hydroxyl groups excluding tert-OH is 1. The summed E-state index contributed by atoms with van der Waals surface area (Å²) in [7, 11) is 0. The maximum atomic E-state index is 10.2. The van der Waals surface area contributed by atoms with Crippen LogP contribution in [0.25, 0.3) is 0 Å². The Labute approximate surface area is 132 Å². The van der Waals surface area contributed by atoms with Gasteiger partial charge in [0.2, 0.25) is 0 Å². The predicted molar refractivity (Wildman–Crippen MR) is 87.1 cm³/mol. The van der Waals surface area contributed by atoms with Crippen LogP contribution in [0.2, 0.25) is 0 Å². The van der Waals surface area contributed by atoms with Crippen LogP contribution in [0, 0.1) is 11.8 Å². The molecule has 2 saturated heterocycles. The van der Waals surface area contributed by atoms with Crippen molar-refractivity contribution in [2.75, 3.05) is 25.0 Å². The molecule has 5 rings (SSSR count). The zero-order valence-corrected chi connectivity index (χ0v) is 13.2. The number of aliphatic hydroxyl groups is 1. The van der Waals surface area contributed by atoms with Gasteiger partial charge in [-0.2, -0.15) is 0 Å². The molecule has 22 heavy (non-hydrogen) atoms. The minimum absolute atomic E-state index is 0.259. The Morgan fingerprint density at radius 1 is 1.41 bits per heavy atom. The third-order valence-electron chi connectivity index (χ3n) is 7.19. The molecule has 0 amide bonds. The molecule has 3 fully saturated rings. The zero-order chi connectivity index (χ0) is 14.9. The summed E-state index contributed by atoms with van der Waals surface area (Å²) in [5.41, 5.74) is 4.69. The minimum atomic E-state index is 0.259. The van der Waals surface area contributed by atoms with E-state index < -0.39 is 0 Å². The molecule has 1 aliphatic carbocycles. The van der Waals surface area contributed by atoms with Crippen LogP contribution in [0.4, 0.5) is 5.69 Å². The van der Waals surface area contributed by atoms with Gasteiger partial charge in [0.25, 0.3) is 0 Å². The van der Waals surface area contributed by atoms with E-state index >= 15 is 0 Å². The Kier molecular flexibility index (Phi) is 2.61. The van der Waals surface area contributed by atoms with Crippen LogP contribution >= 0.6 is 0 Å². The molecule has 1 aromatic carbocycles. The molecular weight excluding hydrogens is 272 g/mol. The lowest BCUT2D eigenvalue weighted by Gasteiger charge is -2.52. The van der Waals surface area contributed by atoms with Gasteiger partial charge in [-0.25, -0.2) is 0 Å². The van der Waals surface area contributed by atoms with Crippen LogP contribution in [-0.2, 0) is 5.41 Å². The predicted octanol–water partition coefficient (Wildman–Crippen LogP) is 0.964. The molecule has 1 saturated carbocycles. The van der Waals surface area contributed by atoms with E-state index in [-0.39, 0.29) is 5.41 Å². The Hall–Kier alpha value is -1.32. The van der Waals surface area contributed by atoms with Gasteiger partial charge in [0.15, 0.2) is 0 Å². The Balaban J connectivity index is 1.71. The van der Waals surface area contributed by atoms with E-state index in [4.69, 9.17) is 0 Å². The fourth-order valence-electron chi connectivity index (χ4n) is 6.36.